The van der Waals surface area contributed by atoms with Gasteiger partial charge in [-0.3, -0.25) is 4.79 Å². The first-order valence-corrected chi connectivity index (χ1v) is 10.6. The van der Waals surface area contributed by atoms with Crippen LogP contribution in [0.25, 0.3) is 0 Å². The second-order valence-electron chi connectivity index (χ2n) is 7.93. The molecule has 5 nitrogen and oxygen atoms in total. The van der Waals surface area contributed by atoms with E-state index in [0.717, 1.165) is 68.9 Å². The molecule has 29 heavy (non-hydrogen) atoms. The number of amides is 1. The number of rotatable bonds is 5. The first-order chi connectivity index (χ1) is 14.2. The third kappa shape index (κ3) is 4.98. The summed E-state index contributed by atoms with van der Waals surface area (Å²) in [6.07, 6.45) is 4.76. The molecule has 0 atom stereocenters. The van der Waals surface area contributed by atoms with Crippen LogP contribution < -0.4 is 4.74 Å². The average molecular weight is 395 g/mol. The highest BCUT2D eigenvalue weighted by Gasteiger charge is 2.29. The molecule has 0 saturated carbocycles. The van der Waals surface area contributed by atoms with Crippen LogP contribution in [0.15, 0.2) is 54.6 Å². The SMILES string of the molecule is COC1CCN(C2CCN(C(=O)c3ccc(Oc4ccccc4)cc3)CC2)CC1. The Bertz CT molecular complexity index is 778. The molecule has 0 unspecified atom stereocenters. The van der Waals surface area contributed by atoms with E-state index in [9.17, 15) is 4.79 Å². The minimum atomic E-state index is 0.118. The quantitative estimate of drug-likeness (QED) is 0.762. The Morgan fingerprint density at radius 3 is 2.07 bits per heavy atom. The van der Waals surface area contributed by atoms with Gasteiger partial charge in [-0.2, -0.15) is 0 Å². The lowest BCUT2D eigenvalue weighted by Crippen LogP contribution is -2.49. The predicted molar refractivity (Wildman–Crippen MR) is 113 cm³/mol. The van der Waals surface area contributed by atoms with Gasteiger partial charge in [0.2, 0.25) is 0 Å². The summed E-state index contributed by atoms with van der Waals surface area (Å²) in [5.41, 5.74) is 0.727. The summed E-state index contributed by atoms with van der Waals surface area (Å²) < 4.78 is 11.3. The molecule has 0 N–H and O–H groups in total. The minimum Gasteiger partial charge on any atom is -0.457 e. The van der Waals surface area contributed by atoms with Crippen molar-refractivity contribution < 1.29 is 14.3 Å². The van der Waals surface area contributed by atoms with Crippen molar-refractivity contribution in [1.82, 2.24) is 9.80 Å². The predicted octanol–water partition coefficient (Wildman–Crippen LogP) is 4.19. The minimum absolute atomic E-state index is 0.118. The lowest BCUT2D eigenvalue weighted by Gasteiger charge is -2.41. The van der Waals surface area contributed by atoms with Crippen LogP contribution in [0.5, 0.6) is 11.5 Å². The molecule has 2 heterocycles. The van der Waals surface area contributed by atoms with Gasteiger partial charge in [0.1, 0.15) is 11.5 Å². The molecule has 0 spiro atoms. The summed E-state index contributed by atoms with van der Waals surface area (Å²) in [7, 11) is 1.81. The van der Waals surface area contributed by atoms with Crippen molar-refractivity contribution in [3.63, 3.8) is 0 Å². The van der Waals surface area contributed by atoms with Gasteiger partial charge in [0.05, 0.1) is 6.10 Å². The number of carbonyl (C=O) groups is 1. The highest BCUT2D eigenvalue weighted by Crippen LogP contribution is 2.24. The van der Waals surface area contributed by atoms with Crippen LogP contribution in [0.2, 0.25) is 0 Å². The van der Waals surface area contributed by atoms with Crippen LogP contribution >= 0.6 is 0 Å². The Kier molecular flexibility index (Phi) is 6.47. The summed E-state index contributed by atoms with van der Waals surface area (Å²) in [5.74, 6) is 1.65. The van der Waals surface area contributed by atoms with Crippen LogP contribution in [0.3, 0.4) is 0 Å². The zero-order valence-corrected chi connectivity index (χ0v) is 17.1. The summed E-state index contributed by atoms with van der Waals surface area (Å²) in [5, 5.41) is 0. The Balaban J connectivity index is 1.28. The molecule has 2 aromatic carbocycles. The summed E-state index contributed by atoms with van der Waals surface area (Å²) in [4.78, 5) is 17.5. The molecule has 154 valence electrons. The van der Waals surface area contributed by atoms with Crippen LogP contribution in [-0.2, 0) is 4.74 Å². The van der Waals surface area contributed by atoms with Gasteiger partial charge in [-0.05, 0) is 62.1 Å². The molecule has 4 rings (SSSR count). The van der Waals surface area contributed by atoms with Crippen LogP contribution in [0, 0.1) is 0 Å². The number of methoxy groups -OCH3 is 1. The van der Waals surface area contributed by atoms with E-state index >= 15 is 0 Å². The smallest absolute Gasteiger partial charge is 0.253 e. The maximum Gasteiger partial charge on any atom is 0.253 e. The van der Waals surface area contributed by atoms with E-state index in [0.29, 0.717) is 12.1 Å². The van der Waals surface area contributed by atoms with Crippen molar-refractivity contribution in [2.75, 3.05) is 33.3 Å². The molecule has 2 aromatic rings. The molecular weight excluding hydrogens is 364 g/mol. The number of hydrogen-bond acceptors (Lipinski definition) is 4. The van der Waals surface area contributed by atoms with Crippen molar-refractivity contribution in [1.29, 1.82) is 0 Å². The van der Waals surface area contributed by atoms with Gasteiger partial charge in [0.15, 0.2) is 0 Å². The molecule has 2 fully saturated rings. The van der Waals surface area contributed by atoms with Crippen molar-refractivity contribution in [3.05, 3.63) is 60.2 Å². The monoisotopic (exact) mass is 394 g/mol. The fourth-order valence-electron chi connectivity index (χ4n) is 4.38. The van der Waals surface area contributed by atoms with Crippen molar-refractivity contribution in [3.8, 4) is 11.5 Å². The molecule has 2 aliphatic heterocycles. The highest BCUT2D eigenvalue weighted by molar-refractivity contribution is 5.94. The lowest BCUT2D eigenvalue weighted by molar-refractivity contribution is 0.0145. The Morgan fingerprint density at radius 1 is 0.828 bits per heavy atom. The number of piperidine rings is 2. The van der Waals surface area contributed by atoms with E-state index in [2.05, 4.69) is 4.90 Å². The van der Waals surface area contributed by atoms with E-state index in [4.69, 9.17) is 9.47 Å². The number of ether oxygens (including phenoxy) is 2. The van der Waals surface area contributed by atoms with E-state index in [1.807, 2.05) is 66.6 Å². The number of carbonyl (C=O) groups excluding carboxylic acids is 1. The molecule has 5 heteroatoms. The molecular formula is C24H30N2O3. The standard InChI is InChI=1S/C24H30N2O3/c1-28-21-13-17-25(18-14-21)20-11-15-26(16-12-20)24(27)19-7-9-23(10-8-19)29-22-5-3-2-4-6-22/h2-10,20-21H,11-18H2,1H3. The maximum atomic E-state index is 12.9. The normalized spacial score (nSPS) is 19.3. The molecule has 0 aromatic heterocycles. The van der Waals surface area contributed by atoms with E-state index in [-0.39, 0.29) is 5.91 Å². The fraction of sp³-hybridized carbons (Fsp3) is 0.458. The average Bonchev–Trinajstić information content (AvgIpc) is 2.80. The van der Waals surface area contributed by atoms with Gasteiger partial charge in [0, 0.05) is 44.9 Å². The van der Waals surface area contributed by atoms with Gasteiger partial charge in [0.25, 0.3) is 5.91 Å². The second kappa shape index (κ2) is 9.42. The van der Waals surface area contributed by atoms with Gasteiger partial charge >= 0.3 is 0 Å². The van der Waals surface area contributed by atoms with Gasteiger partial charge < -0.3 is 19.3 Å². The van der Waals surface area contributed by atoms with E-state index in [1.165, 1.54) is 0 Å². The Labute approximate surface area is 173 Å². The van der Waals surface area contributed by atoms with Gasteiger partial charge in [-0.1, -0.05) is 18.2 Å². The fourth-order valence-corrected chi connectivity index (χ4v) is 4.38. The number of nitrogens with zero attached hydrogens (tertiary/aromatic N) is 2. The van der Waals surface area contributed by atoms with E-state index in [1.54, 1.807) is 0 Å². The summed E-state index contributed by atoms with van der Waals surface area (Å²) >= 11 is 0. The van der Waals surface area contributed by atoms with Crippen LogP contribution in [0.1, 0.15) is 36.0 Å². The second-order valence-corrected chi connectivity index (χ2v) is 7.93. The van der Waals surface area contributed by atoms with Crippen molar-refractivity contribution >= 4 is 5.91 Å². The number of para-hydroxylation sites is 1. The van der Waals surface area contributed by atoms with Gasteiger partial charge in [-0.25, -0.2) is 0 Å². The van der Waals surface area contributed by atoms with E-state index < -0.39 is 0 Å². The topological polar surface area (TPSA) is 42.0 Å². The zero-order chi connectivity index (χ0) is 20.1. The summed E-state index contributed by atoms with van der Waals surface area (Å²) in [6, 6.07) is 17.7. The van der Waals surface area contributed by atoms with Crippen molar-refractivity contribution in [2.45, 2.75) is 37.8 Å². The number of benzene rings is 2. The third-order valence-electron chi connectivity index (χ3n) is 6.16. The Morgan fingerprint density at radius 2 is 1.45 bits per heavy atom. The van der Waals surface area contributed by atoms with Crippen molar-refractivity contribution in [2.24, 2.45) is 0 Å². The molecule has 2 aliphatic rings. The molecule has 0 bridgehead atoms. The first-order valence-electron chi connectivity index (χ1n) is 10.6. The number of hydrogen-bond donors (Lipinski definition) is 0. The van der Waals surface area contributed by atoms with Crippen LogP contribution in [0.4, 0.5) is 0 Å². The Hall–Kier alpha value is -2.37. The first kappa shape index (κ1) is 19.9. The number of likely N-dealkylation sites (tertiary alicyclic amines) is 2. The highest BCUT2D eigenvalue weighted by atomic mass is 16.5. The maximum absolute atomic E-state index is 12.9. The molecule has 0 aliphatic carbocycles. The van der Waals surface area contributed by atoms with Gasteiger partial charge in [-0.15, -0.1) is 0 Å². The molecule has 0 radical (unpaired) electrons. The molecule has 1 amide bonds. The largest absolute Gasteiger partial charge is 0.457 e. The third-order valence-corrected chi connectivity index (χ3v) is 6.16. The summed E-state index contributed by atoms with van der Waals surface area (Å²) in [6.45, 7) is 3.88. The van der Waals surface area contributed by atoms with Crippen LogP contribution in [-0.4, -0.2) is 61.1 Å². The zero-order valence-electron chi connectivity index (χ0n) is 17.1. The lowest BCUT2D eigenvalue weighted by atomic mass is 9.98. The molecule has 2 saturated heterocycles.